The van der Waals surface area contributed by atoms with Crippen LogP contribution < -0.4 is 5.73 Å². The van der Waals surface area contributed by atoms with Crippen LogP contribution in [0.3, 0.4) is 0 Å². The smallest absolute Gasteiger partial charge is 0.0471 e. The standard InChI is InChI=1S/C15H25N3/c1-3-15(2)6-10-18(11-7-15)14(12-16)13-4-8-17-9-5-13/h4-5,8-9,14H,3,6-7,10-12,16H2,1-2H3. The maximum Gasteiger partial charge on any atom is 0.0471 e. The summed E-state index contributed by atoms with van der Waals surface area (Å²) in [5, 5.41) is 0. The van der Waals surface area contributed by atoms with Gasteiger partial charge in [-0.3, -0.25) is 9.88 Å². The van der Waals surface area contributed by atoms with Crippen LogP contribution in [-0.4, -0.2) is 29.5 Å². The predicted molar refractivity (Wildman–Crippen MR) is 75.2 cm³/mol. The van der Waals surface area contributed by atoms with Crippen molar-refractivity contribution in [2.45, 2.75) is 39.2 Å². The molecule has 0 aromatic carbocycles. The topological polar surface area (TPSA) is 42.1 Å². The molecule has 2 heterocycles. The fourth-order valence-corrected chi connectivity index (χ4v) is 2.81. The Balaban J connectivity index is 2.03. The fourth-order valence-electron chi connectivity index (χ4n) is 2.81. The Labute approximate surface area is 110 Å². The molecule has 0 spiro atoms. The first-order chi connectivity index (χ1) is 8.68. The van der Waals surface area contributed by atoms with Crippen molar-refractivity contribution in [2.24, 2.45) is 11.1 Å². The lowest BCUT2D eigenvalue weighted by Gasteiger charge is -2.42. The number of piperidine rings is 1. The zero-order valence-electron chi connectivity index (χ0n) is 11.6. The molecule has 0 saturated carbocycles. The molecule has 1 fully saturated rings. The van der Waals surface area contributed by atoms with Crippen molar-refractivity contribution in [3.8, 4) is 0 Å². The molecule has 2 N–H and O–H groups in total. The average molecular weight is 247 g/mol. The lowest BCUT2D eigenvalue weighted by atomic mass is 9.78. The fraction of sp³-hybridized carbons (Fsp3) is 0.667. The summed E-state index contributed by atoms with van der Waals surface area (Å²) in [6.07, 6.45) is 7.57. The van der Waals surface area contributed by atoms with Crippen molar-refractivity contribution in [1.82, 2.24) is 9.88 Å². The second kappa shape index (κ2) is 5.81. The van der Waals surface area contributed by atoms with Crippen LogP contribution in [0.4, 0.5) is 0 Å². The summed E-state index contributed by atoms with van der Waals surface area (Å²) < 4.78 is 0. The van der Waals surface area contributed by atoms with Gasteiger partial charge in [-0.25, -0.2) is 0 Å². The van der Waals surface area contributed by atoms with E-state index < -0.39 is 0 Å². The van der Waals surface area contributed by atoms with Crippen LogP contribution >= 0.6 is 0 Å². The summed E-state index contributed by atoms with van der Waals surface area (Å²) in [7, 11) is 0. The summed E-state index contributed by atoms with van der Waals surface area (Å²) in [6.45, 7) is 7.73. The average Bonchev–Trinajstić information content (AvgIpc) is 2.43. The molecule has 0 aliphatic carbocycles. The highest BCUT2D eigenvalue weighted by Crippen LogP contribution is 2.36. The number of likely N-dealkylation sites (tertiary alicyclic amines) is 1. The van der Waals surface area contributed by atoms with Gasteiger partial charge in [-0.1, -0.05) is 20.3 Å². The monoisotopic (exact) mass is 247 g/mol. The Morgan fingerprint density at radius 2 is 1.94 bits per heavy atom. The molecular formula is C15H25N3. The maximum atomic E-state index is 5.97. The lowest BCUT2D eigenvalue weighted by Crippen LogP contribution is -2.42. The number of aromatic nitrogens is 1. The van der Waals surface area contributed by atoms with Crippen molar-refractivity contribution in [2.75, 3.05) is 19.6 Å². The molecule has 1 unspecified atom stereocenters. The molecule has 1 aliphatic rings. The first-order valence-electron chi connectivity index (χ1n) is 7.02. The number of rotatable bonds is 4. The van der Waals surface area contributed by atoms with Crippen LogP contribution in [0.2, 0.25) is 0 Å². The van der Waals surface area contributed by atoms with E-state index in [4.69, 9.17) is 5.73 Å². The van der Waals surface area contributed by atoms with Gasteiger partial charge in [-0.2, -0.15) is 0 Å². The molecule has 3 heteroatoms. The van der Waals surface area contributed by atoms with Crippen LogP contribution in [0, 0.1) is 5.41 Å². The van der Waals surface area contributed by atoms with Gasteiger partial charge in [-0.05, 0) is 49.0 Å². The third-order valence-electron chi connectivity index (χ3n) is 4.61. The van der Waals surface area contributed by atoms with Crippen LogP contribution in [0.1, 0.15) is 44.7 Å². The molecular weight excluding hydrogens is 222 g/mol. The van der Waals surface area contributed by atoms with E-state index in [0.29, 0.717) is 18.0 Å². The molecule has 3 nitrogen and oxygen atoms in total. The van der Waals surface area contributed by atoms with Gasteiger partial charge in [0.15, 0.2) is 0 Å². The summed E-state index contributed by atoms with van der Waals surface area (Å²) in [6, 6.07) is 4.53. The third kappa shape index (κ3) is 2.90. The highest BCUT2D eigenvalue weighted by Gasteiger charge is 2.31. The Morgan fingerprint density at radius 1 is 1.33 bits per heavy atom. The second-order valence-electron chi connectivity index (χ2n) is 5.73. The zero-order valence-corrected chi connectivity index (χ0v) is 11.6. The largest absolute Gasteiger partial charge is 0.329 e. The highest BCUT2D eigenvalue weighted by atomic mass is 15.2. The van der Waals surface area contributed by atoms with Gasteiger partial charge in [0.2, 0.25) is 0 Å². The Bertz CT molecular complexity index is 355. The molecule has 1 atom stereocenters. The van der Waals surface area contributed by atoms with Gasteiger partial charge >= 0.3 is 0 Å². The molecule has 1 saturated heterocycles. The quantitative estimate of drug-likeness (QED) is 0.889. The first kappa shape index (κ1) is 13.5. The number of nitrogens with two attached hydrogens (primary N) is 1. The second-order valence-corrected chi connectivity index (χ2v) is 5.73. The Morgan fingerprint density at radius 3 is 2.44 bits per heavy atom. The number of hydrogen-bond acceptors (Lipinski definition) is 3. The SMILES string of the molecule is CCC1(C)CCN(C(CN)c2ccncc2)CC1. The Hall–Kier alpha value is -0.930. The van der Waals surface area contributed by atoms with Gasteiger partial charge in [-0.15, -0.1) is 0 Å². The van der Waals surface area contributed by atoms with E-state index in [1.807, 2.05) is 12.4 Å². The Kier molecular flexibility index (Phi) is 4.36. The number of nitrogens with zero attached hydrogens (tertiary/aromatic N) is 2. The van der Waals surface area contributed by atoms with E-state index in [2.05, 4.69) is 35.9 Å². The van der Waals surface area contributed by atoms with Gasteiger partial charge in [0.1, 0.15) is 0 Å². The molecule has 18 heavy (non-hydrogen) atoms. The van der Waals surface area contributed by atoms with E-state index in [-0.39, 0.29) is 0 Å². The highest BCUT2D eigenvalue weighted by molar-refractivity contribution is 5.16. The van der Waals surface area contributed by atoms with E-state index in [1.54, 1.807) is 0 Å². The molecule has 0 bridgehead atoms. The molecule has 2 rings (SSSR count). The van der Waals surface area contributed by atoms with Crippen molar-refractivity contribution in [3.63, 3.8) is 0 Å². The molecule has 1 aromatic heterocycles. The van der Waals surface area contributed by atoms with Crippen LogP contribution in [-0.2, 0) is 0 Å². The summed E-state index contributed by atoms with van der Waals surface area (Å²) in [5.74, 6) is 0. The molecule has 0 amide bonds. The van der Waals surface area contributed by atoms with Gasteiger partial charge in [0.25, 0.3) is 0 Å². The zero-order chi connectivity index (χ0) is 13.0. The molecule has 1 aliphatic heterocycles. The normalized spacial score (nSPS) is 21.7. The van der Waals surface area contributed by atoms with Crippen molar-refractivity contribution >= 4 is 0 Å². The molecule has 0 radical (unpaired) electrons. The van der Waals surface area contributed by atoms with Crippen LogP contribution in [0.25, 0.3) is 0 Å². The maximum absolute atomic E-state index is 5.97. The van der Waals surface area contributed by atoms with E-state index in [1.165, 1.54) is 24.8 Å². The van der Waals surface area contributed by atoms with E-state index >= 15 is 0 Å². The third-order valence-corrected chi connectivity index (χ3v) is 4.61. The van der Waals surface area contributed by atoms with Gasteiger partial charge in [0, 0.05) is 25.0 Å². The molecule has 100 valence electrons. The first-order valence-corrected chi connectivity index (χ1v) is 7.02. The van der Waals surface area contributed by atoms with Crippen molar-refractivity contribution in [3.05, 3.63) is 30.1 Å². The van der Waals surface area contributed by atoms with E-state index in [9.17, 15) is 0 Å². The van der Waals surface area contributed by atoms with Gasteiger partial charge < -0.3 is 5.73 Å². The number of hydrogen-bond donors (Lipinski definition) is 1. The van der Waals surface area contributed by atoms with Crippen LogP contribution in [0.15, 0.2) is 24.5 Å². The predicted octanol–water partition coefficient (Wildman–Crippen LogP) is 2.59. The van der Waals surface area contributed by atoms with Crippen molar-refractivity contribution in [1.29, 1.82) is 0 Å². The number of pyridine rings is 1. The minimum absolute atomic E-state index is 0.356. The summed E-state index contributed by atoms with van der Waals surface area (Å²) in [5.41, 5.74) is 7.81. The van der Waals surface area contributed by atoms with E-state index in [0.717, 1.165) is 13.1 Å². The summed E-state index contributed by atoms with van der Waals surface area (Å²) >= 11 is 0. The molecule has 1 aromatic rings. The van der Waals surface area contributed by atoms with Crippen LogP contribution in [0.5, 0.6) is 0 Å². The summed E-state index contributed by atoms with van der Waals surface area (Å²) in [4.78, 5) is 6.62. The van der Waals surface area contributed by atoms with Crippen molar-refractivity contribution < 1.29 is 0 Å². The minimum atomic E-state index is 0.356. The minimum Gasteiger partial charge on any atom is -0.329 e. The lowest BCUT2D eigenvalue weighted by molar-refractivity contribution is 0.0828. The van der Waals surface area contributed by atoms with Gasteiger partial charge in [0.05, 0.1) is 0 Å².